The Kier molecular flexibility index (Phi) is 8.38. The Hall–Kier alpha value is -6.09. The molecule has 1 aromatic heterocycles. The molecule has 8 rings (SSSR count). The van der Waals surface area contributed by atoms with E-state index in [2.05, 4.69) is 133 Å². The van der Waals surface area contributed by atoms with Crippen LogP contribution in [0.5, 0.6) is 0 Å². The van der Waals surface area contributed by atoms with Crippen LogP contribution in [0.1, 0.15) is 0 Å². The van der Waals surface area contributed by atoms with Crippen LogP contribution < -0.4 is 0 Å². The van der Waals surface area contributed by atoms with Gasteiger partial charge in [-0.3, -0.25) is 0 Å². The van der Waals surface area contributed by atoms with Crippen LogP contribution in [0.4, 0.5) is 0 Å². The summed E-state index contributed by atoms with van der Waals surface area (Å²) in [4.78, 5) is 10.1. The molecule has 0 bridgehead atoms. The Balaban J connectivity index is 1.36. The van der Waals surface area contributed by atoms with Gasteiger partial charge in [0, 0.05) is 21.7 Å². The number of aromatic nitrogens is 2. The van der Waals surface area contributed by atoms with Crippen molar-refractivity contribution in [3.8, 4) is 78.4 Å². The fourth-order valence-corrected chi connectivity index (χ4v) is 6.57. The first-order chi connectivity index (χ1) is 24.2. The third-order valence-corrected chi connectivity index (χ3v) is 8.98. The number of halogens is 1. The van der Waals surface area contributed by atoms with Crippen LogP contribution in [0.25, 0.3) is 78.4 Å². The van der Waals surface area contributed by atoms with Crippen molar-refractivity contribution in [2.45, 2.75) is 0 Å². The summed E-state index contributed by atoms with van der Waals surface area (Å²) >= 11 is 6.43. The second-order valence-corrected chi connectivity index (χ2v) is 12.4. The molecule has 49 heavy (non-hydrogen) atoms. The average Bonchev–Trinajstić information content (AvgIpc) is 3.18. The normalized spacial score (nSPS) is 11.0. The van der Waals surface area contributed by atoms with Crippen LogP contribution in [0, 0.1) is 0 Å². The molecule has 0 N–H and O–H groups in total. The van der Waals surface area contributed by atoms with E-state index in [4.69, 9.17) is 21.6 Å². The lowest BCUT2D eigenvalue weighted by molar-refractivity contribution is 1.18. The quantitative estimate of drug-likeness (QED) is 0.172. The molecule has 232 valence electrons. The second kappa shape index (κ2) is 13.6. The lowest BCUT2D eigenvalue weighted by Gasteiger charge is -2.19. The first-order valence-corrected chi connectivity index (χ1v) is 16.7. The van der Waals surface area contributed by atoms with Crippen LogP contribution in [-0.2, 0) is 0 Å². The molecular weight excluding hydrogens is 616 g/mol. The molecule has 0 radical (unpaired) electrons. The molecule has 0 fully saturated rings. The number of nitrogens with zero attached hydrogens (tertiary/aromatic N) is 2. The highest BCUT2D eigenvalue weighted by atomic mass is 35.5. The van der Waals surface area contributed by atoms with Gasteiger partial charge in [-0.15, -0.1) is 0 Å². The van der Waals surface area contributed by atoms with Crippen LogP contribution in [0.2, 0.25) is 5.02 Å². The third kappa shape index (κ3) is 6.43. The van der Waals surface area contributed by atoms with Gasteiger partial charge in [0.15, 0.2) is 5.82 Å². The van der Waals surface area contributed by atoms with Crippen LogP contribution in [0.15, 0.2) is 188 Å². The second-order valence-electron chi connectivity index (χ2n) is 12.0. The van der Waals surface area contributed by atoms with E-state index in [-0.39, 0.29) is 0 Å². The maximum Gasteiger partial charge on any atom is 0.160 e. The van der Waals surface area contributed by atoms with Gasteiger partial charge in [0.05, 0.1) is 11.4 Å². The van der Waals surface area contributed by atoms with Crippen LogP contribution in [0.3, 0.4) is 0 Å². The molecule has 0 saturated heterocycles. The topological polar surface area (TPSA) is 25.8 Å². The molecule has 0 amide bonds. The number of benzene rings is 7. The largest absolute Gasteiger partial charge is 0.228 e. The monoisotopic (exact) mass is 646 g/mol. The van der Waals surface area contributed by atoms with Gasteiger partial charge >= 0.3 is 0 Å². The summed E-state index contributed by atoms with van der Waals surface area (Å²) in [7, 11) is 0. The summed E-state index contributed by atoms with van der Waals surface area (Å²) in [5.74, 6) is 0.667. The summed E-state index contributed by atoms with van der Waals surface area (Å²) in [5.41, 5.74) is 13.9. The van der Waals surface area contributed by atoms with Gasteiger partial charge in [-0.05, 0) is 80.9 Å². The van der Waals surface area contributed by atoms with Gasteiger partial charge in [-0.2, -0.15) is 0 Å². The maximum atomic E-state index is 6.43. The lowest BCUT2D eigenvalue weighted by Crippen LogP contribution is -1.96. The summed E-state index contributed by atoms with van der Waals surface area (Å²) in [6, 6.07) is 65.3. The molecule has 0 aliphatic heterocycles. The summed E-state index contributed by atoms with van der Waals surface area (Å²) in [6.07, 6.45) is 0. The van der Waals surface area contributed by atoms with Crippen molar-refractivity contribution in [3.63, 3.8) is 0 Å². The third-order valence-electron chi connectivity index (χ3n) is 8.74. The van der Waals surface area contributed by atoms with Gasteiger partial charge in [-0.1, -0.05) is 163 Å². The predicted octanol–water partition coefficient (Wildman–Crippen LogP) is 12.8. The number of hydrogen-bond donors (Lipinski definition) is 0. The molecule has 0 spiro atoms. The van der Waals surface area contributed by atoms with Gasteiger partial charge in [-0.25, -0.2) is 9.97 Å². The van der Waals surface area contributed by atoms with E-state index in [1.165, 1.54) is 22.3 Å². The SMILES string of the molecule is Clc1cccc(-c2cc(-c3cccc(-c4cc(-c5ccccc5)cc(-c5ccccc5)c4-c4ccccc4)c3)nc(-c3ccccc3)n2)c1. The van der Waals surface area contributed by atoms with Gasteiger partial charge in [0.25, 0.3) is 0 Å². The van der Waals surface area contributed by atoms with E-state index in [1.54, 1.807) is 0 Å². The molecule has 0 unspecified atom stereocenters. The maximum absolute atomic E-state index is 6.43. The zero-order chi connectivity index (χ0) is 33.0. The zero-order valence-corrected chi connectivity index (χ0v) is 27.4. The first kappa shape index (κ1) is 30.3. The van der Waals surface area contributed by atoms with Crippen molar-refractivity contribution >= 4 is 11.6 Å². The summed E-state index contributed by atoms with van der Waals surface area (Å²) < 4.78 is 0. The van der Waals surface area contributed by atoms with Crippen molar-refractivity contribution in [1.29, 1.82) is 0 Å². The lowest BCUT2D eigenvalue weighted by atomic mass is 9.84. The Morgan fingerprint density at radius 3 is 1.35 bits per heavy atom. The Labute approximate surface area is 292 Å². The summed E-state index contributed by atoms with van der Waals surface area (Å²) in [6.45, 7) is 0. The Bertz CT molecular complexity index is 2370. The highest BCUT2D eigenvalue weighted by Crippen LogP contribution is 2.44. The van der Waals surface area contributed by atoms with E-state index < -0.39 is 0 Å². The van der Waals surface area contributed by atoms with E-state index >= 15 is 0 Å². The van der Waals surface area contributed by atoms with E-state index in [0.29, 0.717) is 10.8 Å². The highest BCUT2D eigenvalue weighted by molar-refractivity contribution is 6.30. The minimum Gasteiger partial charge on any atom is -0.228 e. The molecular formula is C46H31ClN2. The Morgan fingerprint density at radius 1 is 0.306 bits per heavy atom. The number of rotatable bonds is 7. The van der Waals surface area contributed by atoms with Gasteiger partial charge in [0.2, 0.25) is 0 Å². The zero-order valence-electron chi connectivity index (χ0n) is 26.7. The standard InChI is InChI=1S/C46H31ClN2/c47-40-26-14-25-38(28-40)44-31-43(48-46(49-44)35-21-11-4-12-22-35)37-24-13-23-36(27-37)42-30-39(32-15-5-1-6-16-32)29-41(33-17-7-2-8-18-33)45(42)34-19-9-3-10-20-34/h1-31H. The minimum atomic E-state index is 0.667. The molecule has 0 saturated carbocycles. The van der Waals surface area contributed by atoms with E-state index in [9.17, 15) is 0 Å². The molecule has 7 aromatic carbocycles. The molecule has 0 aliphatic carbocycles. The van der Waals surface area contributed by atoms with E-state index in [0.717, 1.165) is 50.3 Å². The van der Waals surface area contributed by atoms with Crippen LogP contribution >= 0.6 is 11.6 Å². The van der Waals surface area contributed by atoms with Crippen molar-refractivity contribution in [1.82, 2.24) is 9.97 Å². The highest BCUT2D eigenvalue weighted by Gasteiger charge is 2.18. The minimum absolute atomic E-state index is 0.667. The predicted molar refractivity (Wildman–Crippen MR) is 205 cm³/mol. The Morgan fingerprint density at radius 2 is 0.755 bits per heavy atom. The molecule has 2 nitrogen and oxygen atoms in total. The summed E-state index contributed by atoms with van der Waals surface area (Å²) in [5, 5.41) is 0.668. The fraction of sp³-hybridized carbons (Fsp3) is 0. The van der Waals surface area contributed by atoms with Crippen molar-refractivity contribution < 1.29 is 0 Å². The van der Waals surface area contributed by atoms with E-state index in [1.807, 2.05) is 54.6 Å². The molecule has 0 aliphatic rings. The van der Waals surface area contributed by atoms with Crippen molar-refractivity contribution in [3.05, 3.63) is 193 Å². The van der Waals surface area contributed by atoms with Crippen molar-refractivity contribution in [2.24, 2.45) is 0 Å². The van der Waals surface area contributed by atoms with Crippen LogP contribution in [-0.4, -0.2) is 9.97 Å². The first-order valence-electron chi connectivity index (χ1n) is 16.4. The average molecular weight is 647 g/mol. The van der Waals surface area contributed by atoms with Gasteiger partial charge < -0.3 is 0 Å². The molecule has 8 aromatic rings. The molecule has 3 heteroatoms. The smallest absolute Gasteiger partial charge is 0.160 e. The fourth-order valence-electron chi connectivity index (χ4n) is 6.38. The molecule has 1 heterocycles. The number of hydrogen-bond acceptors (Lipinski definition) is 2. The van der Waals surface area contributed by atoms with Gasteiger partial charge in [0.1, 0.15) is 0 Å². The molecule has 0 atom stereocenters. The van der Waals surface area contributed by atoms with Crippen molar-refractivity contribution in [2.75, 3.05) is 0 Å².